The minimum atomic E-state index is -0.946. The summed E-state index contributed by atoms with van der Waals surface area (Å²) in [5, 5.41) is 13.6. The number of nitrogens with zero attached hydrogens (tertiary/aromatic N) is 3. The maximum Gasteiger partial charge on any atom is 0.309 e. The number of carboxylic acid groups (broad SMARTS) is 1. The summed E-state index contributed by atoms with van der Waals surface area (Å²) < 4.78 is 6.06. The first kappa shape index (κ1) is 18.2. The van der Waals surface area contributed by atoms with Gasteiger partial charge in [0.05, 0.1) is 12.1 Å². The lowest BCUT2D eigenvalue weighted by Gasteiger charge is -2.30. The van der Waals surface area contributed by atoms with Gasteiger partial charge in [-0.05, 0) is 17.7 Å². The molecular formula is C21H22N4O3. The molecule has 0 bridgehead atoms. The maximum absolute atomic E-state index is 11.5. The second-order valence-electron chi connectivity index (χ2n) is 6.69. The lowest BCUT2D eigenvalue weighted by molar-refractivity contribution is -0.136. The number of fused-ring (bicyclic) bond motifs is 1. The molecule has 3 aromatic rings. The normalized spacial score (nSPS) is 14.2. The van der Waals surface area contributed by atoms with Gasteiger partial charge in [0, 0.05) is 37.8 Å². The molecule has 144 valence electrons. The molecule has 7 heteroatoms. The summed E-state index contributed by atoms with van der Waals surface area (Å²) in [5.41, 5.74) is 2.06. The van der Waals surface area contributed by atoms with Crippen LogP contribution in [0.1, 0.15) is 11.3 Å². The van der Waals surface area contributed by atoms with E-state index in [9.17, 15) is 9.90 Å². The first-order valence-corrected chi connectivity index (χ1v) is 9.34. The zero-order chi connectivity index (χ0) is 19.3. The fourth-order valence-corrected chi connectivity index (χ4v) is 3.40. The van der Waals surface area contributed by atoms with Crippen LogP contribution in [0.4, 0.5) is 5.82 Å². The third-order valence-electron chi connectivity index (χ3n) is 4.73. The molecule has 28 heavy (non-hydrogen) atoms. The number of pyridine rings is 2. The van der Waals surface area contributed by atoms with Gasteiger partial charge in [0.15, 0.2) is 5.75 Å². The van der Waals surface area contributed by atoms with E-state index in [-0.39, 0.29) is 6.42 Å². The van der Waals surface area contributed by atoms with Crippen molar-refractivity contribution < 1.29 is 14.6 Å². The maximum atomic E-state index is 11.5. The molecule has 0 amide bonds. The number of rotatable bonds is 6. The van der Waals surface area contributed by atoms with Gasteiger partial charge >= 0.3 is 5.97 Å². The fourth-order valence-electron chi connectivity index (χ4n) is 3.40. The topological polar surface area (TPSA) is 87.6 Å². The number of anilines is 1. The van der Waals surface area contributed by atoms with E-state index in [1.165, 1.54) is 0 Å². The second-order valence-corrected chi connectivity index (χ2v) is 6.69. The molecule has 0 aliphatic carbocycles. The average Bonchev–Trinajstić information content (AvgIpc) is 2.73. The smallest absolute Gasteiger partial charge is 0.309 e. The Morgan fingerprint density at radius 1 is 1.14 bits per heavy atom. The Morgan fingerprint density at radius 3 is 2.68 bits per heavy atom. The van der Waals surface area contributed by atoms with Crippen molar-refractivity contribution in [1.82, 2.24) is 15.3 Å². The van der Waals surface area contributed by atoms with Crippen LogP contribution in [0.25, 0.3) is 10.9 Å². The standard InChI is InChI=1S/C21H22N4O3/c26-18(27)13-17-20(28-14-15-5-2-1-3-6-15)19-16(7-4-8-23-19)21(24-17)25-11-9-22-10-12-25/h1-8,22H,9-14H2,(H,26,27). The van der Waals surface area contributed by atoms with Crippen molar-refractivity contribution in [3.05, 3.63) is 59.9 Å². The molecule has 0 unspecified atom stereocenters. The second kappa shape index (κ2) is 8.22. The highest BCUT2D eigenvalue weighted by molar-refractivity contribution is 5.95. The molecule has 4 rings (SSSR count). The molecular weight excluding hydrogens is 356 g/mol. The highest BCUT2D eigenvalue weighted by Gasteiger charge is 2.22. The van der Waals surface area contributed by atoms with Gasteiger partial charge < -0.3 is 20.1 Å². The number of ether oxygens (including phenoxy) is 1. The monoisotopic (exact) mass is 378 g/mol. The molecule has 2 aromatic heterocycles. The molecule has 1 aliphatic heterocycles. The Labute approximate surface area is 163 Å². The van der Waals surface area contributed by atoms with Gasteiger partial charge in [0.1, 0.15) is 17.9 Å². The zero-order valence-corrected chi connectivity index (χ0v) is 15.5. The first-order chi connectivity index (χ1) is 13.7. The number of hydrogen-bond acceptors (Lipinski definition) is 6. The van der Waals surface area contributed by atoms with E-state index in [0.29, 0.717) is 23.6 Å². The van der Waals surface area contributed by atoms with Crippen LogP contribution in [0.3, 0.4) is 0 Å². The minimum absolute atomic E-state index is 0.213. The summed E-state index contributed by atoms with van der Waals surface area (Å²) in [4.78, 5) is 22.9. The van der Waals surface area contributed by atoms with Crippen LogP contribution in [0, 0.1) is 0 Å². The molecule has 0 spiro atoms. The van der Waals surface area contributed by atoms with Crippen molar-refractivity contribution in [3.8, 4) is 5.75 Å². The molecule has 1 saturated heterocycles. The summed E-state index contributed by atoms with van der Waals surface area (Å²) in [6.45, 7) is 3.68. The zero-order valence-electron chi connectivity index (χ0n) is 15.5. The van der Waals surface area contributed by atoms with E-state index in [1.54, 1.807) is 6.20 Å². The van der Waals surface area contributed by atoms with E-state index in [4.69, 9.17) is 9.72 Å². The third kappa shape index (κ3) is 3.89. The lowest BCUT2D eigenvalue weighted by Crippen LogP contribution is -2.44. The van der Waals surface area contributed by atoms with Crippen LogP contribution in [-0.4, -0.2) is 47.2 Å². The number of benzene rings is 1. The van der Waals surface area contributed by atoms with Crippen molar-refractivity contribution in [3.63, 3.8) is 0 Å². The Morgan fingerprint density at radius 2 is 1.93 bits per heavy atom. The van der Waals surface area contributed by atoms with Crippen molar-refractivity contribution in [2.45, 2.75) is 13.0 Å². The van der Waals surface area contributed by atoms with E-state index in [0.717, 1.165) is 42.9 Å². The van der Waals surface area contributed by atoms with Gasteiger partial charge in [0.25, 0.3) is 0 Å². The van der Waals surface area contributed by atoms with Gasteiger partial charge in [-0.15, -0.1) is 0 Å². The summed E-state index contributed by atoms with van der Waals surface area (Å²) >= 11 is 0. The number of aromatic nitrogens is 2. The predicted octanol–water partition coefficient (Wildman–Crippen LogP) is 2.25. The summed E-state index contributed by atoms with van der Waals surface area (Å²) in [6.07, 6.45) is 1.49. The summed E-state index contributed by atoms with van der Waals surface area (Å²) in [7, 11) is 0. The minimum Gasteiger partial charge on any atom is -0.485 e. The Balaban J connectivity index is 1.78. The van der Waals surface area contributed by atoms with E-state index < -0.39 is 5.97 Å². The molecule has 1 aliphatic rings. The van der Waals surface area contributed by atoms with E-state index in [2.05, 4.69) is 15.2 Å². The number of nitrogens with one attached hydrogen (secondary N) is 1. The molecule has 1 fully saturated rings. The summed E-state index contributed by atoms with van der Waals surface area (Å²) in [6, 6.07) is 13.6. The van der Waals surface area contributed by atoms with Crippen LogP contribution >= 0.6 is 0 Å². The lowest BCUT2D eigenvalue weighted by atomic mass is 10.1. The van der Waals surface area contributed by atoms with Crippen LogP contribution in [0.2, 0.25) is 0 Å². The largest absolute Gasteiger partial charge is 0.485 e. The highest BCUT2D eigenvalue weighted by Crippen LogP contribution is 2.34. The number of hydrogen-bond donors (Lipinski definition) is 2. The number of piperazine rings is 1. The summed E-state index contributed by atoms with van der Waals surface area (Å²) in [5.74, 6) is 0.271. The Bertz CT molecular complexity index is 972. The van der Waals surface area contributed by atoms with Crippen molar-refractivity contribution in [2.75, 3.05) is 31.1 Å². The molecule has 0 saturated carbocycles. The van der Waals surface area contributed by atoms with Crippen molar-refractivity contribution in [2.24, 2.45) is 0 Å². The van der Waals surface area contributed by atoms with Crippen molar-refractivity contribution >= 4 is 22.7 Å². The average molecular weight is 378 g/mol. The van der Waals surface area contributed by atoms with Gasteiger partial charge in [-0.2, -0.15) is 0 Å². The molecule has 7 nitrogen and oxygen atoms in total. The molecule has 2 N–H and O–H groups in total. The first-order valence-electron chi connectivity index (χ1n) is 9.34. The van der Waals surface area contributed by atoms with E-state index >= 15 is 0 Å². The third-order valence-corrected chi connectivity index (χ3v) is 4.73. The molecule has 0 radical (unpaired) electrons. The van der Waals surface area contributed by atoms with Gasteiger partial charge in [0.2, 0.25) is 0 Å². The number of carbonyl (C=O) groups is 1. The van der Waals surface area contributed by atoms with Gasteiger partial charge in [-0.1, -0.05) is 30.3 Å². The molecule has 1 aromatic carbocycles. The Hall–Kier alpha value is -3.19. The predicted molar refractivity (Wildman–Crippen MR) is 107 cm³/mol. The molecule has 0 atom stereocenters. The SMILES string of the molecule is O=C(O)Cc1nc(N2CCNCC2)c2cccnc2c1OCc1ccccc1. The van der Waals surface area contributed by atoms with Crippen LogP contribution in [0.5, 0.6) is 5.75 Å². The van der Waals surface area contributed by atoms with Gasteiger partial charge in [-0.3, -0.25) is 9.78 Å². The molecule has 3 heterocycles. The number of carboxylic acids is 1. The van der Waals surface area contributed by atoms with E-state index in [1.807, 2.05) is 42.5 Å². The highest BCUT2D eigenvalue weighted by atomic mass is 16.5. The van der Waals surface area contributed by atoms with Gasteiger partial charge in [-0.25, -0.2) is 4.98 Å². The fraction of sp³-hybridized carbons (Fsp3) is 0.286. The van der Waals surface area contributed by atoms with Crippen LogP contribution < -0.4 is 15.0 Å². The number of aliphatic carboxylic acids is 1. The quantitative estimate of drug-likeness (QED) is 0.680. The van der Waals surface area contributed by atoms with Crippen LogP contribution in [0.15, 0.2) is 48.7 Å². The Kier molecular flexibility index (Phi) is 5.34. The van der Waals surface area contributed by atoms with Crippen molar-refractivity contribution in [1.29, 1.82) is 0 Å². The van der Waals surface area contributed by atoms with Crippen LogP contribution in [-0.2, 0) is 17.8 Å².